The number of halogens is 2. The third-order valence-electron chi connectivity index (χ3n) is 7.39. The number of aryl methyl sites for hydroxylation is 1. The second-order valence-electron chi connectivity index (χ2n) is 10.5. The minimum absolute atomic E-state index is 0.0480. The van der Waals surface area contributed by atoms with Crippen LogP contribution in [0.3, 0.4) is 0 Å². The molecule has 0 bridgehead atoms. The predicted octanol–water partition coefficient (Wildman–Crippen LogP) is 6.42. The zero-order valence-electron chi connectivity index (χ0n) is 22.6. The minimum Gasteiger partial charge on any atom is -0.476 e. The molecular formula is C31H27F2N4O3S2+. The molecule has 3 N–H and O–H groups in total. The van der Waals surface area contributed by atoms with Gasteiger partial charge in [0.1, 0.15) is 5.82 Å². The maximum absolute atomic E-state index is 15.1. The van der Waals surface area contributed by atoms with E-state index in [1.54, 1.807) is 22.9 Å². The largest absolute Gasteiger partial charge is 0.476 e. The molecule has 7 nitrogen and oxygen atoms in total. The van der Waals surface area contributed by atoms with Crippen LogP contribution in [-0.2, 0) is 28.0 Å². The lowest BCUT2D eigenvalue weighted by Gasteiger charge is -2.10. The van der Waals surface area contributed by atoms with Crippen LogP contribution in [0.15, 0.2) is 70.9 Å². The Morgan fingerprint density at radius 1 is 1.07 bits per heavy atom. The Morgan fingerprint density at radius 3 is 2.45 bits per heavy atom. The average Bonchev–Trinajstić information content (AvgIpc) is 3.52. The normalized spacial score (nSPS) is 13.8. The summed E-state index contributed by atoms with van der Waals surface area (Å²) in [6.45, 7) is 1.96. The number of hydrogen-bond acceptors (Lipinski definition) is 5. The van der Waals surface area contributed by atoms with Gasteiger partial charge in [0.2, 0.25) is 10.0 Å². The third kappa shape index (κ3) is 5.67. The maximum atomic E-state index is 15.1. The van der Waals surface area contributed by atoms with Crippen LogP contribution in [0, 0.1) is 24.5 Å². The smallest absolute Gasteiger partial charge is 0.355 e. The Hall–Kier alpha value is -4.06. The number of hydrogen-bond donors (Lipinski definition) is 2. The van der Waals surface area contributed by atoms with Gasteiger partial charge in [-0.05, 0) is 73.6 Å². The Balaban J connectivity index is 1.54. The Kier molecular flexibility index (Phi) is 7.56. The lowest BCUT2D eigenvalue weighted by Crippen LogP contribution is -2.07. The zero-order chi connectivity index (χ0) is 29.5. The van der Waals surface area contributed by atoms with E-state index in [4.69, 9.17) is 10.2 Å². The van der Waals surface area contributed by atoms with Crippen LogP contribution < -0.4 is 5.14 Å². The number of aromatic carboxylic acids is 1. The van der Waals surface area contributed by atoms with Crippen LogP contribution in [0.25, 0.3) is 27.5 Å². The SMILES string of the molecule is Cc1ccc(-c2cc(-c3nn(-c4nc(C(=O)O)cs4)c(CC4CC4)c3Cc3ccc([SH+](N)=O)c(F)c3)ccc2F)cc1. The summed E-state index contributed by atoms with van der Waals surface area (Å²) in [6, 6.07) is 16.8. The highest BCUT2D eigenvalue weighted by molar-refractivity contribution is 7.82. The number of carbonyl (C=O) groups is 1. The molecular weight excluding hydrogens is 578 g/mol. The highest BCUT2D eigenvalue weighted by Crippen LogP contribution is 2.39. The summed E-state index contributed by atoms with van der Waals surface area (Å²) in [5, 5.41) is 21.7. The van der Waals surface area contributed by atoms with E-state index in [0.717, 1.165) is 35.2 Å². The van der Waals surface area contributed by atoms with Gasteiger partial charge in [-0.3, -0.25) is 0 Å². The monoisotopic (exact) mass is 605 g/mol. The van der Waals surface area contributed by atoms with Gasteiger partial charge in [0.25, 0.3) is 0 Å². The van der Waals surface area contributed by atoms with E-state index in [2.05, 4.69) is 4.98 Å². The van der Waals surface area contributed by atoms with E-state index in [1.165, 1.54) is 34.9 Å². The lowest BCUT2D eigenvalue weighted by atomic mass is 9.94. The summed E-state index contributed by atoms with van der Waals surface area (Å²) < 4.78 is 43.4. The Morgan fingerprint density at radius 2 is 1.81 bits per heavy atom. The first kappa shape index (κ1) is 28.1. The van der Waals surface area contributed by atoms with Crippen molar-refractivity contribution < 1.29 is 22.9 Å². The van der Waals surface area contributed by atoms with Gasteiger partial charge in [0.05, 0.1) is 11.4 Å². The Labute approximate surface area is 247 Å². The van der Waals surface area contributed by atoms with E-state index < -0.39 is 22.8 Å². The van der Waals surface area contributed by atoms with Gasteiger partial charge in [-0.1, -0.05) is 40.1 Å². The maximum Gasteiger partial charge on any atom is 0.355 e. The molecule has 0 radical (unpaired) electrons. The van der Waals surface area contributed by atoms with Gasteiger partial charge in [-0.15, -0.1) is 16.5 Å². The summed E-state index contributed by atoms with van der Waals surface area (Å²) >= 11 is 1.17. The molecule has 0 amide bonds. The van der Waals surface area contributed by atoms with Crippen LogP contribution in [0.1, 0.15) is 45.7 Å². The zero-order valence-corrected chi connectivity index (χ0v) is 24.3. The molecule has 1 atom stereocenters. The third-order valence-corrected chi connectivity index (χ3v) is 9.05. The molecule has 1 saturated carbocycles. The average molecular weight is 606 g/mol. The lowest BCUT2D eigenvalue weighted by molar-refractivity contribution is 0.0691. The van der Waals surface area contributed by atoms with Crippen molar-refractivity contribution in [1.82, 2.24) is 14.8 Å². The molecule has 214 valence electrons. The van der Waals surface area contributed by atoms with Gasteiger partial charge >= 0.3 is 5.97 Å². The molecule has 11 heteroatoms. The van der Waals surface area contributed by atoms with Crippen molar-refractivity contribution in [2.45, 2.75) is 37.5 Å². The molecule has 42 heavy (non-hydrogen) atoms. The molecule has 1 aliphatic carbocycles. The van der Waals surface area contributed by atoms with Gasteiger partial charge in [-0.25, -0.2) is 23.2 Å². The van der Waals surface area contributed by atoms with Crippen molar-refractivity contribution in [2.24, 2.45) is 11.1 Å². The fourth-order valence-corrected chi connectivity index (χ4v) is 6.27. The van der Waals surface area contributed by atoms with Gasteiger partial charge in [0.15, 0.2) is 22.5 Å². The molecule has 1 aliphatic rings. The Bertz CT molecular complexity index is 1850. The molecule has 1 unspecified atom stereocenters. The molecule has 2 aromatic heterocycles. The number of carboxylic acid groups (broad SMARTS) is 1. The molecule has 0 spiro atoms. The van der Waals surface area contributed by atoms with Crippen molar-refractivity contribution >= 4 is 28.3 Å². The number of nitrogens with zero attached hydrogens (tertiary/aromatic N) is 3. The van der Waals surface area contributed by atoms with Crippen LogP contribution >= 0.6 is 11.3 Å². The number of nitrogens with two attached hydrogens (primary N) is 1. The summed E-state index contributed by atoms with van der Waals surface area (Å²) in [5.41, 5.74) is 5.62. The number of benzene rings is 3. The highest BCUT2D eigenvalue weighted by atomic mass is 32.2. The van der Waals surface area contributed by atoms with Crippen molar-refractivity contribution in [2.75, 3.05) is 0 Å². The first-order chi connectivity index (χ1) is 20.2. The fraction of sp³-hybridized carbons (Fsp3) is 0.194. The molecule has 5 aromatic rings. The van der Waals surface area contributed by atoms with E-state index in [0.29, 0.717) is 39.9 Å². The first-order valence-corrected chi connectivity index (χ1v) is 15.6. The summed E-state index contributed by atoms with van der Waals surface area (Å²) in [5.74, 6) is -1.73. The van der Waals surface area contributed by atoms with Crippen LogP contribution in [0.4, 0.5) is 8.78 Å². The van der Waals surface area contributed by atoms with Crippen molar-refractivity contribution in [3.8, 4) is 27.5 Å². The summed E-state index contributed by atoms with van der Waals surface area (Å²) in [7, 11) is -2.33. The highest BCUT2D eigenvalue weighted by Gasteiger charge is 2.30. The van der Waals surface area contributed by atoms with E-state index in [1.807, 2.05) is 31.2 Å². The number of carboxylic acids is 1. The second-order valence-corrected chi connectivity index (χ2v) is 12.5. The summed E-state index contributed by atoms with van der Waals surface area (Å²) in [6.07, 6.45) is 3.06. The molecule has 1 fully saturated rings. The first-order valence-electron chi connectivity index (χ1n) is 13.3. The molecule has 3 aromatic carbocycles. The topological polar surface area (TPSA) is 111 Å². The van der Waals surface area contributed by atoms with Crippen LogP contribution in [0.2, 0.25) is 0 Å². The van der Waals surface area contributed by atoms with Gasteiger partial charge in [-0.2, -0.15) is 5.10 Å². The standard InChI is InChI=1S/C31H26F2N4O3S2/c1-17-2-7-20(8-3-17)22-15-21(9-10-24(22)32)29-23(12-19-6-11-28(42(34)40)25(33)13-19)27(14-18-4-5-18)37(36-29)31-35-26(16-41-31)30(38)39/h2-3,6-11,13,15-16,18H,4-5,12,14H2,1H3,(H2,34,40)(H,38,39)/p+1. The van der Waals surface area contributed by atoms with Gasteiger partial charge < -0.3 is 5.11 Å². The van der Waals surface area contributed by atoms with Crippen molar-refractivity contribution in [3.05, 3.63) is 106 Å². The number of thiol groups is 1. The van der Waals surface area contributed by atoms with E-state index in [-0.39, 0.29) is 22.8 Å². The second kappa shape index (κ2) is 11.3. The fourth-order valence-electron chi connectivity index (χ4n) is 5.00. The molecule has 2 heterocycles. The number of thiazole rings is 1. The van der Waals surface area contributed by atoms with E-state index in [9.17, 15) is 18.5 Å². The molecule has 0 saturated heterocycles. The van der Waals surface area contributed by atoms with Crippen molar-refractivity contribution in [1.29, 1.82) is 0 Å². The number of rotatable bonds is 9. The summed E-state index contributed by atoms with van der Waals surface area (Å²) in [4.78, 5) is 15.9. The quantitative estimate of drug-likeness (QED) is 0.149. The molecule has 6 rings (SSSR count). The van der Waals surface area contributed by atoms with Crippen LogP contribution in [-0.4, -0.2) is 25.8 Å². The predicted molar refractivity (Wildman–Crippen MR) is 159 cm³/mol. The molecule has 0 aliphatic heterocycles. The number of aromatic nitrogens is 3. The van der Waals surface area contributed by atoms with Crippen LogP contribution in [0.5, 0.6) is 0 Å². The minimum atomic E-state index is -2.33. The van der Waals surface area contributed by atoms with Gasteiger partial charge in [0, 0.05) is 28.5 Å². The van der Waals surface area contributed by atoms with Crippen molar-refractivity contribution in [3.63, 3.8) is 0 Å². The van der Waals surface area contributed by atoms with E-state index >= 15 is 4.39 Å².